The number of nitrogens with two attached hydrogens (primary N) is 1. The molecule has 0 fully saturated rings. The van der Waals surface area contributed by atoms with Crippen LogP contribution in [-0.2, 0) is 0 Å². The largest absolute Gasteiger partial charge is 0.456 e. The Morgan fingerprint density at radius 3 is 2.44 bits per heavy atom. The minimum Gasteiger partial charge on any atom is -0.456 e. The van der Waals surface area contributed by atoms with Gasteiger partial charge in [-0.3, -0.25) is 0 Å². The average Bonchev–Trinajstić information content (AvgIpc) is 2.28. The molecule has 0 amide bonds. The zero-order valence-electron chi connectivity index (χ0n) is 8.15. The van der Waals surface area contributed by atoms with Gasteiger partial charge in [-0.1, -0.05) is 23.2 Å². The van der Waals surface area contributed by atoms with Crippen molar-refractivity contribution in [3.63, 3.8) is 0 Å². The molecule has 1 aromatic carbocycles. The van der Waals surface area contributed by atoms with Crippen LogP contribution in [0.5, 0.6) is 11.5 Å². The third-order valence-electron chi connectivity index (χ3n) is 1.92. The van der Waals surface area contributed by atoms with Gasteiger partial charge in [-0.25, -0.2) is 4.98 Å². The van der Waals surface area contributed by atoms with Gasteiger partial charge in [0.2, 0.25) is 0 Å². The first-order valence-electron chi connectivity index (χ1n) is 4.50. The van der Waals surface area contributed by atoms with Crippen LogP contribution in [0.3, 0.4) is 0 Å². The number of anilines is 1. The van der Waals surface area contributed by atoms with Crippen LogP contribution >= 0.6 is 23.2 Å². The second-order valence-electron chi connectivity index (χ2n) is 3.08. The Balaban J connectivity index is 2.27. The Morgan fingerprint density at radius 1 is 1.06 bits per heavy atom. The molecule has 2 rings (SSSR count). The Morgan fingerprint density at radius 2 is 1.75 bits per heavy atom. The highest BCUT2D eigenvalue weighted by Gasteiger charge is 2.07. The summed E-state index contributed by atoms with van der Waals surface area (Å²) in [5.41, 5.74) is 6.23. The summed E-state index contributed by atoms with van der Waals surface area (Å²) >= 11 is 11.7. The van der Waals surface area contributed by atoms with Crippen molar-refractivity contribution in [1.82, 2.24) is 4.98 Å². The lowest BCUT2D eigenvalue weighted by Crippen LogP contribution is -1.88. The molecule has 0 saturated heterocycles. The van der Waals surface area contributed by atoms with Gasteiger partial charge in [-0.2, -0.15) is 0 Å². The molecule has 0 aliphatic heterocycles. The van der Waals surface area contributed by atoms with Crippen LogP contribution < -0.4 is 10.5 Å². The summed E-state index contributed by atoms with van der Waals surface area (Å²) in [6.07, 6.45) is 1.53. The number of nitrogen functional groups attached to an aromatic ring is 1. The molecule has 0 unspecified atom stereocenters. The fourth-order valence-electron chi connectivity index (χ4n) is 1.14. The van der Waals surface area contributed by atoms with Crippen molar-refractivity contribution in [2.45, 2.75) is 0 Å². The minimum atomic E-state index is 0.217. The lowest BCUT2D eigenvalue weighted by Gasteiger charge is -2.07. The van der Waals surface area contributed by atoms with Crippen LogP contribution in [0.15, 0.2) is 36.5 Å². The van der Waals surface area contributed by atoms with Crippen molar-refractivity contribution in [3.05, 3.63) is 46.7 Å². The van der Waals surface area contributed by atoms with E-state index in [4.69, 9.17) is 33.7 Å². The van der Waals surface area contributed by atoms with Gasteiger partial charge >= 0.3 is 0 Å². The van der Waals surface area contributed by atoms with Crippen molar-refractivity contribution in [2.75, 3.05) is 5.73 Å². The van der Waals surface area contributed by atoms with Crippen LogP contribution in [-0.4, -0.2) is 4.98 Å². The Kier molecular flexibility index (Phi) is 3.17. The number of halogens is 2. The van der Waals surface area contributed by atoms with E-state index in [2.05, 4.69) is 4.98 Å². The predicted octanol–water partition coefficient (Wildman–Crippen LogP) is 3.76. The van der Waals surface area contributed by atoms with E-state index in [1.807, 2.05) is 0 Å². The molecular weight excluding hydrogens is 247 g/mol. The van der Waals surface area contributed by atoms with E-state index >= 15 is 0 Å². The van der Waals surface area contributed by atoms with Crippen LogP contribution in [0.25, 0.3) is 0 Å². The molecule has 1 aromatic heterocycles. The van der Waals surface area contributed by atoms with E-state index in [1.165, 1.54) is 6.20 Å². The first kappa shape index (κ1) is 11.0. The molecule has 2 aromatic rings. The van der Waals surface area contributed by atoms with Crippen molar-refractivity contribution in [1.29, 1.82) is 0 Å². The third kappa shape index (κ3) is 2.38. The SMILES string of the molecule is Nc1ccc(Oc2ccnc(Cl)c2Cl)cc1. The molecule has 3 nitrogen and oxygen atoms in total. The van der Waals surface area contributed by atoms with Gasteiger partial charge in [0.1, 0.15) is 10.8 Å². The predicted molar refractivity (Wildman–Crippen MR) is 65.2 cm³/mol. The standard InChI is InChI=1S/C11H8Cl2N2O/c12-10-9(5-6-15-11(10)13)16-8-3-1-7(14)2-4-8/h1-6H,14H2. The van der Waals surface area contributed by atoms with E-state index in [-0.39, 0.29) is 5.15 Å². The maximum atomic E-state index is 5.93. The number of nitrogens with zero attached hydrogens (tertiary/aromatic N) is 1. The van der Waals surface area contributed by atoms with Gasteiger partial charge in [0.25, 0.3) is 0 Å². The maximum Gasteiger partial charge on any atom is 0.151 e. The zero-order chi connectivity index (χ0) is 11.5. The Labute approximate surface area is 103 Å². The van der Waals surface area contributed by atoms with Gasteiger partial charge < -0.3 is 10.5 Å². The van der Waals surface area contributed by atoms with Gasteiger partial charge in [-0.05, 0) is 24.3 Å². The molecule has 2 N–H and O–H groups in total. The highest BCUT2D eigenvalue weighted by molar-refractivity contribution is 6.42. The van der Waals surface area contributed by atoms with Crippen molar-refractivity contribution >= 4 is 28.9 Å². The molecule has 82 valence electrons. The van der Waals surface area contributed by atoms with Crippen LogP contribution in [0, 0.1) is 0 Å². The fourth-order valence-corrected chi connectivity index (χ4v) is 1.44. The lowest BCUT2D eigenvalue weighted by molar-refractivity contribution is 0.482. The number of ether oxygens (including phenoxy) is 1. The first-order chi connectivity index (χ1) is 7.66. The van der Waals surface area contributed by atoms with Crippen LogP contribution in [0.1, 0.15) is 0 Å². The summed E-state index contributed by atoms with van der Waals surface area (Å²) < 4.78 is 5.53. The number of hydrogen-bond acceptors (Lipinski definition) is 3. The zero-order valence-corrected chi connectivity index (χ0v) is 9.66. The number of hydrogen-bond donors (Lipinski definition) is 1. The Bertz CT molecular complexity index is 500. The van der Waals surface area contributed by atoms with Crippen molar-refractivity contribution < 1.29 is 4.74 Å². The van der Waals surface area contributed by atoms with E-state index in [0.717, 1.165) is 0 Å². The topological polar surface area (TPSA) is 48.1 Å². The van der Waals surface area contributed by atoms with E-state index < -0.39 is 0 Å². The molecule has 0 spiro atoms. The molecule has 0 saturated carbocycles. The molecule has 0 atom stereocenters. The van der Waals surface area contributed by atoms with E-state index in [0.29, 0.717) is 22.2 Å². The Hall–Kier alpha value is -1.45. The number of benzene rings is 1. The number of aromatic nitrogens is 1. The molecule has 5 heteroatoms. The summed E-state index contributed by atoms with van der Waals surface area (Å²) in [6, 6.07) is 8.63. The smallest absolute Gasteiger partial charge is 0.151 e. The van der Waals surface area contributed by atoms with Crippen LogP contribution in [0.4, 0.5) is 5.69 Å². The van der Waals surface area contributed by atoms with Gasteiger partial charge in [-0.15, -0.1) is 0 Å². The summed E-state index contributed by atoms with van der Waals surface area (Å²) in [7, 11) is 0. The van der Waals surface area contributed by atoms with E-state index in [1.54, 1.807) is 30.3 Å². The summed E-state index contributed by atoms with van der Waals surface area (Å²) in [5.74, 6) is 1.10. The maximum absolute atomic E-state index is 5.93. The van der Waals surface area contributed by atoms with Gasteiger partial charge in [0.05, 0.1) is 0 Å². The summed E-state index contributed by atoms with van der Waals surface area (Å²) in [6.45, 7) is 0. The highest BCUT2D eigenvalue weighted by Crippen LogP contribution is 2.33. The second kappa shape index (κ2) is 4.60. The van der Waals surface area contributed by atoms with Gasteiger partial charge in [0, 0.05) is 18.0 Å². The molecule has 0 radical (unpaired) electrons. The van der Waals surface area contributed by atoms with E-state index in [9.17, 15) is 0 Å². The lowest BCUT2D eigenvalue weighted by atomic mass is 10.3. The monoisotopic (exact) mass is 254 g/mol. The molecule has 0 aliphatic rings. The fraction of sp³-hybridized carbons (Fsp3) is 0. The van der Waals surface area contributed by atoms with Crippen molar-refractivity contribution in [3.8, 4) is 11.5 Å². The first-order valence-corrected chi connectivity index (χ1v) is 5.26. The second-order valence-corrected chi connectivity index (χ2v) is 3.82. The minimum absolute atomic E-state index is 0.217. The molecule has 0 aliphatic carbocycles. The molecular formula is C11H8Cl2N2O. The summed E-state index contributed by atoms with van der Waals surface area (Å²) in [4.78, 5) is 3.83. The third-order valence-corrected chi connectivity index (χ3v) is 2.67. The molecule has 16 heavy (non-hydrogen) atoms. The normalized spacial score (nSPS) is 10.1. The highest BCUT2D eigenvalue weighted by atomic mass is 35.5. The van der Waals surface area contributed by atoms with Gasteiger partial charge in [0.15, 0.2) is 10.9 Å². The summed E-state index contributed by atoms with van der Waals surface area (Å²) in [5, 5.41) is 0.510. The average molecular weight is 255 g/mol. The molecule has 0 bridgehead atoms. The van der Waals surface area contributed by atoms with Crippen molar-refractivity contribution in [2.24, 2.45) is 0 Å². The quantitative estimate of drug-likeness (QED) is 0.656. The van der Waals surface area contributed by atoms with Crippen LogP contribution in [0.2, 0.25) is 10.2 Å². The number of rotatable bonds is 2. The number of pyridine rings is 1. The molecule has 1 heterocycles.